The number of aryl methyl sites for hydroxylation is 2. The smallest absolute Gasteiger partial charge is 0.338 e. The lowest BCUT2D eigenvalue weighted by Gasteiger charge is -2.13. The molecule has 4 aromatic rings. The van der Waals surface area contributed by atoms with Crippen LogP contribution in [0.2, 0.25) is 5.02 Å². The van der Waals surface area contributed by atoms with Crippen molar-refractivity contribution in [2.75, 3.05) is 11.9 Å². The zero-order chi connectivity index (χ0) is 24.2. The Morgan fingerprint density at radius 2 is 1.65 bits per heavy atom. The minimum Gasteiger partial charge on any atom is -0.462 e. The third-order valence-corrected chi connectivity index (χ3v) is 5.50. The molecule has 0 fully saturated rings. The Labute approximate surface area is 201 Å². The van der Waals surface area contributed by atoms with Crippen molar-refractivity contribution in [3.63, 3.8) is 0 Å². The van der Waals surface area contributed by atoms with Gasteiger partial charge < -0.3 is 14.6 Å². The van der Waals surface area contributed by atoms with E-state index >= 15 is 0 Å². The molecule has 1 aromatic heterocycles. The molecule has 4 rings (SSSR count). The average Bonchev–Trinajstić information content (AvgIpc) is 3.31. The predicted molar refractivity (Wildman–Crippen MR) is 130 cm³/mol. The molecule has 34 heavy (non-hydrogen) atoms. The number of rotatable bonds is 6. The van der Waals surface area contributed by atoms with E-state index in [1.165, 1.54) is 0 Å². The highest BCUT2D eigenvalue weighted by molar-refractivity contribution is 6.30. The van der Waals surface area contributed by atoms with Crippen LogP contribution in [0.15, 0.2) is 65.2 Å². The van der Waals surface area contributed by atoms with E-state index in [2.05, 4.69) is 15.5 Å². The van der Waals surface area contributed by atoms with E-state index in [-0.39, 0.29) is 11.8 Å². The van der Waals surface area contributed by atoms with Crippen molar-refractivity contribution in [2.24, 2.45) is 0 Å². The monoisotopic (exact) mass is 475 g/mol. The molecule has 0 aliphatic heterocycles. The molecule has 0 saturated carbocycles. The van der Waals surface area contributed by atoms with E-state index in [1.54, 1.807) is 55.5 Å². The highest BCUT2D eigenvalue weighted by Gasteiger charge is 2.23. The van der Waals surface area contributed by atoms with Gasteiger partial charge in [-0.2, -0.15) is 4.98 Å². The topological polar surface area (TPSA) is 94.3 Å². The molecule has 0 aliphatic rings. The molecule has 7 nitrogen and oxygen atoms in total. The number of carbonyl (C=O) groups is 2. The largest absolute Gasteiger partial charge is 0.462 e. The Kier molecular flexibility index (Phi) is 6.75. The van der Waals surface area contributed by atoms with Crippen molar-refractivity contribution in [1.29, 1.82) is 0 Å². The van der Waals surface area contributed by atoms with Crippen LogP contribution in [0.5, 0.6) is 0 Å². The van der Waals surface area contributed by atoms with E-state index < -0.39 is 5.97 Å². The average molecular weight is 476 g/mol. The van der Waals surface area contributed by atoms with Crippen LogP contribution in [0, 0.1) is 13.8 Å². The van der Waals surface area contributed by atoms with E-state index in [9.17, 15) is 9.59 Å². The zero-order valence-electron chi connectivity index (χ0n) is 18.9. The number of hydrogen-bond donors (Lipinski definition) is 1. The lowest BCUT2D eigenvalue weighted by atomic mass is 9.96. The van der Waals surface area contributed by atoms with Crippen LogP contribution in [0.4, 0.5) is 5.69 Å². The summed E-state index contributed by atoms with van der Waals surface area (Å²) in [6, 6.07) is 17.4. The molecule has 3 aromatic carbocycles. The second-order valence-corrected chi connectivity index (χ2v) is 8.07. The summed E-state index contributed by atoms with van der Waals surface area (Å²) in [5.74, 6) is -0.0983. The van der Waals surface area contributed by atoms with Gasteiger partial charge in [0.25, 0.3) is 11.8 Å². The molecule has 0 atom stereocenters. The maximum atomic E-state index is 13.3. The second-order valence-electron chi connectivity index (χ2n) is 7.63. The van der Waals surface area contributed by atoms with Crippen molar-refractivity contribution in [3.8, 4) is 22.8 Å². The van der Waals surface area contributed by atoms with Gasteiger partial charge in [-0.05, 0) is 80.4 Å². The van der Waals surface area contributed by atoms with Gasteiger partial charge in [0.2, 0.25) is 5.82 Å². The summed E-state index contributed by atoms with van der Waals surface area (Å²) in [5, 5.41) is 7.58. The maximum Gasteiger partial charge on any atom is 0.338 e. The summed E-state index contributed by atoms with van der Waals surface area (Å²) in [4.78, 5) is 29.7. The Bertz CT molecular complexity index is 1350. The molecule has 1 N–H and O–H groups in total. The SMILES string of the molecule is CCOC(=O)c1ccc(NC(=O)c2c(C)ccc(C)c2-c2nc(-c3ccc(Cl)cc3)no2)cc1. The first-order valence-electron chi connectivity index (χ1n) is 10.7. The summed E-state index contributed by atoms with van der Waals surface area (Å²) < 4.78 is 10.5. The van der Waals surface area contributed by atoms with Gasteiger partial charge in [0.1, 0.15) is 0 Å². The van der Waals surface area contributed by atoms with Crippen LogP contribution in [0.1, 0.15) is 38.8 Å². The van der Waals surface area contributed by atoms with Crippen LogP contribution in [-0.4, -0.2) is 28.6 Å². The number of halogens is 1. The third kappa shape index (κ3) is 4.84. The molecular formula is C26H22ClN3O4. The van der Waals surface area contributed by atoms with Gasteiger partial charge in [0, 0.05) is 16.3 Å². The van der Waals surface area contributed by atoms with Crippen molar-refractivity contribution in [1.82, 2.24) is 10.1 Å². The number of carbonyl (C=O) groups excluding carboxylic acids is 2. The van der Waals surface area contributed by atoms with Crippen molar-refractivity contribution in [2.45, 2.75) is 20.8 Å². The first-order chi connectivity index (χ1) is 16.4. The van der Waals surface area contributed by atoms with Gasteiger partial charge in [-0.3, -0.25) is 4.79 Å². The minimum atomic E-state index is -0.412. The Morgan fingerprint density at radius 1 is 0.971 bits per heavy atom. The summed E-state index contributed by atoms with van der Waals surface area (Å²) in [7, 11) is 0. The van der Waals surface area contributed by atoms with E-state index in [0.29, 0.717) is 39.8 Å². The predicted octanol–water partition coefficient (Wildman–Crippen LogP) is 6.10. The number of hydrogen-bond acceptors (Lipinski definition) is 6. The first-order valence-corrected chi connectivity index (χ1v) is 11.0. The van der Waals surface area contributed by atoms with Gasteiger partial charge in [0.05, 0.1) is 23.3 Å². The van der Waals surface area contributed by atoms with E-state index in [4.69, 9.17) is 20.9 Å². The molecular weight excluding hydrogens is 454 g/mol. The van der Waals surface area contributed by atoms with Crippen LogP contribution >= 0.6 is 11.6 Å². The number of ether oxygens (including phenoxy) is 1. The summed E-state index contributed by atoms with van der Waals surface area (Å²) in [6.07, 6.45) is 0. The molecule has 0 bridgehead atoms. The fourth-order valence-corrected chi connectivity index (χ4v) is 3.64. The molecule has 0 unspecified atom stereocenters. The molecule has 0 aliphatic carbocycles. The highest BCUT2D eigenvalue weighted by atomic mass is 35.5. The molecule has 1 amide bonds. The second kappa shape index (κ2) is 9.89. The van der Waals surface area contributed by atoms with Gasteiger partial charge in [0.15, 0.2) is 0 Å². The number of nitrogens with one attached hydrogen (secondary N) is 1. The third-order valence-electron chi connectivity index (χ3n) is 5.25. The van der Waals surface area contributed by atoms with Crippen LogP contribution in [-0.2, 0) is 4.74 Å². The number of esters is 1. The fourth-order valence-electron chi connectivity index (χ4n) is 3.52. The Hall–Kier alpha value is -3.97. The van der Waals surface area contributed by atoms with Crippen molar-refractivity contribution >= 4 is 29.2 Å². The zero-order valence-corrected chi connectivity index (χ0v) is 19.6. The molecule has 1 heterocycles. The van der Waals surface area contributed by atoms with Crippen LogP contribution in [0.25, 0.3) is 22.8 Å². The molecule has 0 spiro atoms. The normalized spacial score (nSPS) is 10.7. The number of nitrogens with zero attached hydrogens (tertiary/aromatic N) is 2. The number of amides is 1. The fraction of sp³-hybridized carbons (Fsp3) is 0.154. The highest BCUT2D eigenvalue weighted by Crippen LogP contribution is 2.31. The Balaban J connectivity index is 1.65. The number of anilines is 1. The van der Waals surface area contributed by atoms with Crippen LogP contribution in [0.3, 0.4) is 0 Å². The van der Waals surface area contributed by atoms with Gasteiger partial charge in [-0.1, -0.05) is 28.9 Å². The maximum absolute atomic E-state index is 13.3. The number of aromatic nitrogens is 2. The minimum absolute atomic E-state index is 0.244. The standard InChI is InChI=1S/C26H22ClN3O4/c1-4-33-26(32)18-9-13-20(14-10-18)28-24(31)21-15(2)5-6-16(3)22(21)25-29-23(30-34-25)17-7-11-19(27)12-8-17/h5-14H,4H2,1-3H3,(H,28,31). The summed E-state index contributed by atoms with van der Waals surface area (Å²) in [5.41, 5.74) is 4.27. The van der Waals surface area contributed by atoms with E-state index in [1.807, 2.05) is 26.0 Å². The molecule has 8 heteroatoms. The Morgan fingerprint density at radius 3 is 2.32 bits per heavy atom. The number of benzene rings is 3. The lowest BCUT2D eigenvalue weighted by molar-refractivity contribution is 0.0526. The van der Waals surface area contributed by atoms with Gasteiger partial charge in [-0.15, -0.1) is 0 Å². The lowest BCUT2D eigenvalue weighted by Crippen LogP contribution is -2.16. The van der Waals surface area contributed by atoms with Gasteiger partial charge in [-0.25, -0.2) is 4.79 Å². The molecule has 0 saturated heterocycles. The van der Waals surface area contributed by atoms with Crippen molar-refractivity contribution < 1.29 is 18.8 Å². The van der Waals surface area contributed by atoms with Crippen molar-refractivity contribution in [3.05, 3.63) is 87.9 Å². The van der Waals surface area contributed by atoms with E-state index in [0.717, 1.165) is 16.7 Å². The quantitative estimate of drug-likeness (QED) is 0.338. The van der Waals surface area contributed by atoms with Gasteiger partial charge >= 0.3 is 5.97 Å². The molecule has 172 valence electrons. The van der Waals surface area contributed by atoms with Crippen LogP contribution < -0.4 is 5.32 Å². The summed E-state index contributed by atoms with van der Waals surface area (Å²) in [6.45, 7) is 5.77. The summed E-state index contributed by atoms with van der Waals surface area (Å²) >= 11 is 5.97. The first kappa shape index (κ1) is 23.2. The molecule has 0 radical (unpaired) electrons.